The van der Waals surface area contributed by atoms with E-state index in [1.807, 2.05) is 36.1 Å². The Morgan fingerprint density at radius 1 is 1.04 bits per heavy atom. The summed E-state index contributed by atoms with van der Waals surface area (Å²) in [6.45, 7) is 9.71. The molecule has 0 radical (unpaired) electrons. The van der Waals surface area contributed by atoms with Crippen LogP contribution in [0.4, 0.5) is 0 Å². The van der Waals surface area contributed by atoms with Gasteiger partial charge in [-0.25, -0.2) is 0 Å². The largest absolute Gasteiger partial charge is 0.345 e. The smallest absolute Gasteiger partial charge is 0.253 e. The standard InChI is InChI=1S/C19H30N2O2/c1-7-21(18(22)12-15(4)14(2)3)13-16-8-10-17(11-9-16)19(23)20(5)6/h8-11,14-15H,7,12-13H2,1-6H3. The summed E-state index contributed by atoms with van der Waals surface area (Å²) in [4.78, 5) is 27.7. The maximum absolute atomic E-state index is 12.4. The second-order valence-electron chi connectivity index (χ2n) is 6.73. The third kappa shape index (κ3) is 5.70. The summed E-state index contributed by atoms with van der Waals surface area (Å²) in [6.07, 6.45) is 0.586. The van der Waals surface area contributed by atoms with Gasteiger partial charge in [0.05, 0.1) is 0 Å². The number of rotatable bonds is 7. The van der Waals surface area contributed by atoms with Crippen molar-refractivity contribution >= 4 is 11.8 Å². The van der Waals surface area contributed by atoms with E-state index in [9.17, 15) is 9.59 Å². The molecule has 0 saturated heterocycles. The molecular formula is C19H30N2O2. The fraction of sp³-hybridized carbons (Fsp3) is 0.579. The summed E-state index contributed by atoms with van der Waals surface area (Å²) >= 11 is 0. The van der Waals surface area contributed by atoms with Crippen LogP contribution in [0.25, 0.3) is 0 Å². The van der Waals surface area contributed by atoms with Crippen LogP contribution in [-0.2, 0) is 11.3 Å². The molecule has 1 aromatic carbocycles. The molecule has 4 nitrogen and oxygen atoms in total. The van der Waals surface area contributed by atoms with Gasteiger partial charge in [0.1, 0.15) is 0 Å². The molecule has 0 fully saturated rings. The molecule has 0 spiro atoms. The van der Waals surface area contributed by atoms with Gasteiger partial charge in [0, 0.05) is 39.2 Å². The van der Waals surface area contributed by atoms with Crippen LogP contribution in [0.1, 0.15) is 50.0 Å². The molecule has 4 heteroatoms. The molecule has 0 aliphatic rings. The summed E-state index contributed by atoms with van der Waals surface area (Å²) in [5.74, 6) is 1.08. The molecule has 0 heterocycles. The van der Waals surface area contributed by atoms with Crippen LogP contribution in [0.2, 0.25) is 0 Å². The number of carbonyl (C=O) groups is 2. The molecule has 0 aliphatic carbocycles. The van der Waals surface area contributed by atoms with Crippen molar-refractivity contribution in [3.8, 4) is 0 Å². The maximum Gasteiger partial charge on any atom is 0.253 e. The maximum atomic E-state index is 12.4. The Morgan fingerprint density at radius 3 is 2.04 bits per heavy atom. The van der Waals surface area contributed by atoms with E-state index >= 15 is 0 Å². The lowest BCUT2D eigenvalue weighted by atomic mass is 9.94. The molecule has 1 aromatic rings. The predicted octanol–water partition coefficient (Wildman–Crippen LogP) is 3.42. The molecule has 2 amide bonds. The molecule has 0 N–H and O–H groups in total. The summed E-state index contributed by atoms with van der Waals surface area (Å²) in [5.41, 5.74) is 1.72. The average molecular weight is 318 g/mol. The fourth-order valence-corrected chi connectivity index (χ4v) is 2.25. The summed E-state index contributed by atoms with van der Waals surface area (Å²) < 4.78 is 0. The fourth-order valence-electron chi connectivity index (χ4n) is 2.25. The number of nitrogens with zero attached hydrogens (tertiary/aromatic N) is 2. The van der Waals surface area contributed by atoms with Gasteiger partial charge in [0.2, 0.25) is 5.91 Å². The van der Waals surface area contributed by atoms with Crippen LogP contribution < -0.4 is 0 Å². The highest BCUT2D eigenvalue weighted by Crippen LogP contribution is 2.17. The number of benzene rings is 1. The number of carbonyl (C=O) groups excluding carboxylic acids is 2. The first-order valence-corrected chi connectivity index (χ1v) is 8.34. The van der Waals surface area contributed by atoms with E-state index in [-0.39, 0.29) is 11.8 Å². The first-order valence-electron chi connectivity index (χ1n) is 8.34. The van der Waals surface area contributed by atoms with Crippen molar-refractivity contribution in [2.24, 2.45) is 11.8 Å². The predicted molar refractivity (Wildman–Crippen MR) is 94.2 cm³/mol. The highest BCUT2D eigenvalue weighted by atomic mass is 16.2. The van der Waals surface area contributed by atoms with Gasteiger partial charge < -0.3 is 9.80 Å². The zero-order valence-corrected chi connectivity index (χ0v) is 15.3. The van der Waals surface area contributed by atoms with E-state index in [2.05, 4.69) is 20.8 Å². The molecule has 0 aromatic heterocycles. The first-order chi connectivity index (χ1) is 10.8. The molecule has 1 unspecified atom stereocenters. The van der Waals surface area contributed by atoms with Gasteiger partial charge in [0.25, 0.3) is 5.91 Å². The van der Waals surface area contributed by atoms with Crippen LogP contribution in [-0.4, -0.2) is 42.3 Å². The SMILES string of the molecule is CCN(Cc1ccc(C(=O)N(C)C)cc1)C(=O)CC(C)C(C)C. The second kappa shape index (κ2) is 8.70. The topological polar surface area (TPSA) is 40.6 Å². The summed E-state index contributed by atoms with van der Waals surface area (Å²) in [5, 5.41) is 0. The van der Waals surface area contributed by atoms with Gasteiger partial charge >= 0.3 is 0 Å². The highest BCUT2D eigenvalue weighted by molar-refractivity contribution is 5.93. The second-order valence-corrected chi connectivity index (χ2v) is 6.73. The van der Waals surface area contributed by atoms with Gasteiger partial charge in [-0.1, -0.05) is 32.9 Å². The lowest BCUT2D eigenvalue weighted by Gasteiger charge is -2.24. The number of hydrogen-bond donors (Lipinski definition) is 0. The zero-order chi connectivity index (χ0) is 17.6. The molecule has 1 rings (SSSR count). The minimum absolute atomic E-state index is 0.00858. The van der Waals surface area contributed by atoms with E-state index in [1.54, 1.807) is 19.0 Å². The summed E-state index contributed by atoms with van der Waals surface area (Å²) in [7, 11) is 3.48. The number of amides is 2. The molecule has 128 valence electrons. The Bertz CT molecular complexity index is 521. The Balaban J connectivity index is 2.72. The van der Waals surface area contributed by atoms with Crippen molar-refractivity contribution in [1.29, 1.82) is 0 Å². The van der Waals surface area contributed by atoms with Crippen molar-refractivity contribution < 1.29 is 9.59 Å². The summed E-state index contributed by atoms with van der Waals surface area (Å²) in [6, 6.07) is 7.51. The Hall–Kier alpha value is -1.84. The van der Waals surface area contributed by atoms with E-state index in [4.69, 9.17) is 0 Å². The van der Waals surface area contributed by atoms with E-state index in [1.165, 1.54) is 0 Å². The quantitative estimate of drug-likeness (QED) is 0.773. The van der Waals surface area contributed by atoms with Gasteiger partial charge in [-0.2, -0.15) is 0 Å². The van der Waals surface area contributed by atoms with Crippen LogP contribution in [0.5, 0.6) is 0 Å². The lowest BCUT2D eigenvalue weighted by molar-refractivity contribution is -0.132. The Labute approximate surface area is 140 Å². The molecule has 0 saturated carbocycles. The van der Waals surface area contributed by atoms with Crippen LogP contribution in [0, 0.1) is 11.8 Å². The van der Waals surface area contributed by atoms with Crippen molar-refractivity contribution in [3.63, 3.8) is 0 Å². The van der Waals surface area contributed by atoms with Gasteiger partial charge in [-0.3, -0.25) is 9.59 Å². The zero-order valence-electron chi connectivity index (χ0n) is 15.3. The van der Waals surface area contributed by atoms with Crippen molar-refractivity contribution in [3.05, 3.63) is 35.4 Å². The lowest BCUT2D eigenvalue weighted by Crippen LogP contribution is -2.32. The normalized spacial score (nSPS) is 12.1. The van der Waals surface area contributed by atoms with Crippen molar-refractivity contribution in [1.82, 2.24) is 9.80 Å². The highest BCUT2D eigenvalue weighted by Gasteiger charge is 2.18. The van der Waals surface area contributed by atoms with Gasteiger partial charge in [0.15, 0.2) is 0 Å². The van der Waals surface area contributed by atoms with E-state index in [0.29, 0.717) is 36.9 Å². The van der Waals surface area contributed by atoms with Crippen LogP contribution >= 0.6 is 0 Å². The van der Waals surface area contributed by atoms with Crippen molar-refractivity contribution in [2.45, 2.75) is 40.7 Å². The van der Waals surface area contributed by atoms with Gasteiger partial charge in [-0.05, 0) is 36.5 Å². The first kappa shape index (κ1) is 19.2. The molecule has 1 atom stereocenters. The van der Waals surface area contributed by atoms with Crippen LogP contribution in [0.3, 0.4) is 0 Å². The van der Waals surface area contributed by atoms with Crippen molar-refractivity contribution in [2.75, 3.05) is 20.6 Å². The monoisotopic (exact) mass is 318 g/mol. The van der Waals surface area contributed by atoms with Crippen LogP contribution in [0.15, 0.2) is 24.3 Å². The molecule has 0 bridgehead atoms. The van der Waals surface area contributed by atoms with Gasteiger partial charge in [-0.15, -0.1) is 0 Å². The minimum atomic E-state index is -0.00858. The van der Waals surface area contributed by atoms with E-state index < -0.39 is 0 Å². The number of hydrogen-bond acceptors (Lipinski definition) is 2. The molecule has 23 heavy (non-hydrogen) atoms. The Kier molecular flexibility index (Phi) is 7.27. The Morgan fingerprint density at radius 2 is 1.61 bits per heavy atom. The average Bonchev–Trinajstić information content (AvgIpc) is 2.51. The van der Waals surface area contributed by atoms with E-state index in [0.717, 1.165) is 5.56 Å². The minimum Gasteiger partial charge on any atom is -0.345 e. The molecular weight excluding hydrogens is 288 g/mol. The third-order valence-corrected chi connectivity index (χ3v) is 4.35. The third-order valence-electron chi connectivity index (χ3n) is 4.35. The molecule has 0 aliphatic heterocycles.